The van der Waals surface area contributed by atoms with Gasteiger partial charge in [-0.1, -0.05) is 0 Å². The summed E-state index contributed by atoms with van der Waals surface area (Å²) < 4.78 is 50.0. The lowest BCUT2D eigenvalue weighted by molar-refractivity contribution is -0.136. The van der Waals surface area contributed by atoms with E-state index in [1.54, 1.807) is 0 Å². The monoisotopic (exact) mass is 285 g/mol. The van der Waals surface area contributed by atoms with Crippen LogP contribution in [0.5, 0.6) is 0 Å². The van der Waals surface area contributed by atoms with Gasteiger partial charge >= 0.3 is 5.97 Å². The van der Waals surface area contributed by atoms with Crippen LogP contribution < -0.4 is 4.72 Å². The Kier molecular flexibility index (Phi) is 4.54. The Morgan fingerprint density at radius 1 is 1.47 bits per heavy atom. The molecule has 0 aromatic carbocycles. The number of nitrogens with one attached hydrogen (secondary N) is 1. The third-order valence-electron chi connectivity index (χ3n) is 1.81. The molecule has 1 aromatic heterocycles. The molecule has 0 amide bonds. The minimum Gasteiger partial charge on any atom is -0.481 e. The van der Waals surface area contributed by atoms with Gasteiger partial charge in [-0.2, -0.15) is 11.3 Å². The molecule has 0 spiro atoms. The van der Waals surface area contributed by atoms with Crippen molar-refractivity contribution in [2.45, 2.75) is 17.7 Å². The van der Waals surface area contributed by atoms with E-state index in [4.69, 9.17) is 5.11 Å². The third-order valence-corrected chi connectivity index (χ3v) is 4.24. The molecule has 0 aliphatic rings. The predicted molar refractivity (Wildman–Crippen MR) is 56.7 cm³/mol. The minimum atomic E-state index is -4.07. The van der Waals surface area contributed by atoms with Crippen molar-refractivity contribution in [3.05, 3.63) is 16.3 Å². The van der Waals surface area contributed by atoms with E-state index in [1.165, 1.54) is 0 Å². The van der Waals surface area contributed by atoms with Crippen LogP contribution >= 0.6 is 11.3 Å². The maximum absolute atomic E-state index is 12.5. The van der Waals surface area contributed by atoms with Gasteiger partial charge in [-0.05, 0) is 0 Å². The van der Waals surface area contributed by atoms with Crippen molar-refractivity contribution in [2.75, 3.05) is 6.54 Å². The highest BCUT2D eigenvalue weighted by Crippen LogP contribution is 2.29. The SMILES string of the molecule is O=C(O)CCNS(=O)(=O)c1cscc1C(F)F. The van der Waals surface area contributed by atoms with E-state index < -0.39 is 39.3 Å². The van der Waals surface area contributed by atoms with Crippen LogP contribution in [0.3, 0.4) is 0 Å². The second-order valence-corrected chi connectivity index (χ2v) is 5.51. The fourth-order valence-corrected chi connectivity index (χ4v) is 3.48. The molecule has 0 aliphatic heterocycles. The lowest BCUT2D eigenvalue weighted by Gasteiger charge is -2.06. The zero-order chi connectivity index (χ0) is 13.1. The average molecular weight is 285 g/mol. The maximum Gasteiger partial charge on any atom is 0.304 e. The van der Waals surface area contributed by atoms with Crippen LogP contribution in [0.1, 0.15) is 18.4 Å². The van der Waals surface area contributed by atoms with E-state index in [-0.39, 0.29) is 6.54 Å². The summed E-state index contributed by atoms with van der Waals surface area (Å²) in [7, 11) is -4.07. The van der Waals surface area contributed by atoms with Gasteiger partial charge in [-0.15, -0.1) is 0 Å². The normalized spacial score (nSPS) is 11.9. The van der Waals surface area contributed by atoms with E-state index in [1.807, 2.05) is 4.72 Å². The average Bonchev–Trinajstić information content (AvgIpc) is 2.65. The zero-order valence-corrected chi connectivity index (χ0v) is 10.0. The van der Waals surface area contributed by atoms with Crippen LogP contribution in [0.15, 0.2) is 15.7 Å². The van der Waals surface area contributed by atoms with Gasteiger partial charge in [0.15, 0.2) is 0 Å². The lowest BCUT2D eigenvalue weighted by Crippen LogP contribution is -2.26. The Labute approximate surface area is 100 Å². The van der Waals surface area contributed by atoms with Crippen LogP contribution in [0, 0.1) is 0 Å². The van der Waals surface area contributed by atoms with Crippen LogP contribution in [0.25, 0.3) is 0 Å². The zero-order valence-electron chi connectivity index (χ0n) is 8.39. The van der Waals surface area contributed by atoms with Crippen LogP contribution in [0.2, 0.25) is 0 Å². The molecule has 0 aliphatic carbocycles. The van der Waals surface area contributed by atoms with Crippen molar-refractivity contribution in [2.24, 2.45) is 0 Å². The molecule has 5 nitrogen and oxygen atoms in total. The van der Waals surface area contributed by atoms with Crippen molar-refractivity contribution < 1.29 is 27.1 Å². The van der Waals surface area contributed by atoms with Gasteiger partial charge in [0.25, 0.3) is 6.43 Å². The van der Waals surface area contributed by atoms with Gasteiger partial charge in [0.2, 0.25) is 10.0 Å². The van der Waals surface area contributed by atoms with Gasteiger partial charge in [0.1, 0.15) is 4.90 Å². The molecule has 96 valence electrons. The Balaban J connectivity index is 2.82. The molecule has 0 saturated heterocycles. The van der Waals surface area contributed by atoms with Crippen molar-refractivity contribution in [3.8, 4) is 0 Å². The summed E-state index contributed by atoms with van der Waals surface area (Å²) in [4.78, 5) is 9.70. The molecule has 0 bridgehead atoms. The molecule has 0 atom stereocenters. The maximum atomic E-state index is 12.5. The number of carboxylic acids is 1. The molecule has 1 aromatic rings. The van der Waals surface area contributed by atoms with Crippen LogP contribution in [-0.2, 0) is 14.8 Å². The van der Waals surface area contributed by atoms with Gasteiger partial charge in [-0.3, -0.25) is 4.79 Å². The topological polar surface area (TPSA) is 83.5 Å². The summed E-state index contributed by atoms with van der Waals surface area (Å²) in [6, 6.07) is 0. The molecular weight excluding hydrogens is 276 g/mol. The van der Waals surface area contributed by atoms with E-state index in [2.05, 4.69) is 0 Å². The molecule has 2 N–H and O–H groups in total. The molecule has 0 unspecified atom stereocenters. The van der Waals surface area contributed by atoms with Crippen molar-refractivity contribution in [1.29, 1.82) is 0 Å². The van der Waals surface area contributed by atoms with Crippen molar-refractivity contribution in [3.63, 3.8) is 0 Å². The molecular formula is C8H9F2NO4S2. The smallest absolute Gasteiger partial charge is 0.304 e. The fourth-order valence-electron chi connectivity index (χ4n) is 1.04. The summed E-state index contributed by atoms with van der Waals surface area (Å²) in [5.41, 5.74) is -0.571. The Hall–Kier alpha value is -1.06. The molecule has 17 heavy (non-hydrogen) atoms. The Morgan fingerprint density at radius 3 is 2.65 bits per heavy atom. The first kappa shape index (κ1) is 14.0. The summed E-state index contributed by atoms with van der Waals surface area (Å²) in [5.74, 6) is -1.17. The first-order valence-corrected chi connectivity index (χ1v) is 6.83. The van der Waals surface area contributed by atoms with Crippen molar-refractivity contribution in [1.82, 2.24) is 4.72 Å². The number of rotatable bonds is 6. The fraction of sp³-hybridized carbons (Fsp3) is 0.375. The number of carbonyl (C=O) groups is 1. The number of sulfonamides is 1. The number of hydrogen-bond donors (Lipinski definition) is 2. The second kappa shape index (κ2) is 5.52. The van der Waals surface area contributed by atoms with Crippen LogP contribution in [0.4, 0.5) is 8.78 Å². The predicted octanol–water partition coefficient (Wildman–Crippen LogP) is 1.44. The molecule has 1 rings (SSSR count). The Morgan fingerprint density at radius 2 is 2.12 bits per heavy atom. The lowest BCUT2D eigenvalue weighted by atomic mass is 10.4. The summed E-state index contributed by atoms with van der Waals surface area (Å²) in [6.07, 6.45) is -3.29. The van der Waals surface area contributed by atoms with Crippen LogP contribution in [-0.4, -0.2) is 26.0 Å². The largest absolute Gasteiger partial charge is 0.481 e. The highest BCUT2D eigenvalue weighted by atomic mass is 32.2. The first-order valence-electron chi connectivity index (χ1n) is 4.40. The molecule has 0 fully saturated rings. The number of alkyl halides is 2. The molecule has 0 saturated carbocycles. The summed E-state index contributed by atoms with van der Waals surface area (Å²) in [5, 5.41) is 10.5. The minimum absolute atomic E-state index is 0.337. The Bertz CT molecular complexity index is 497. The second-order valence-electron chi connectivity index (χ2n) is 3.03. The highest BCUT2D eigenvalue weighted by molar-refractivity contribution is 7.89. The van der Waals surface area contributed by atoms with Gasteiger partial charge < -0.3 is 5.11 Å². The van der Waals surface area contributed by atoms with E-state index in [0.717, 1.165) is 22.1 Å². The van der Waals surface area contributed by atoms with E-state index >= 15 is 0 Å². The molecule has 1 heterocycles. The third kappa shape index (κ3) is 3.72. The van der Waals surface area contributed by atoms with Crippen molar-refractivity contribution >= 4 is 27.3 Å². The number of carboxylic acid groups (broad SMARTS) is 1. The number of aliphatic carboxylic acids is 1. The highest BCUT2D eigenvalue weighted by Gasteiger charge is 2.24. The van der Waals surface area contributed by atoms with E-state index in [9.17, 15) is 22.0 Å². The number of hydrogen-bond acceptors (Lipinski definition) is 4. The summed E-state index contributed by atoms with van der Waals surface area (Å²) >= 11 is 0.846. The number of halogens is 2. The first-order chi connectivity index (χ1) is 7.84. The molecule has 9 heteroatoms. The van der Waals surface area contributed by atoms with E-state index in [0.29, 0.717) is 0 Å². The standard InChI is InChI=1S/C8H9F2NO4S2/c9-8(10)5-3-16-4-6(5)17(14,15)11-2-1-7(12)13/h3-4,8,11H,1-2H2,(H,12,13). The van der Waals surface area contributed by atoms with Gasteiger partial charge in [-0.25, -0.2) is 21.9 Å². The van der Waals surface area contributed by atoms with Gasteiger partial charge in [0.05, 0.1) is 6.42 Å². The quantitative estimate of drug-likeness (QED) is 0.828. The molecule has 0 radical (unpaired) electrons. The van der Waals surface area contributed by atoms with Gasteiger partial charge in [0, 0.05) is 22.9 Å². The number of thiophene rings is 1. The summed E-state index contributed by atoms with van der Waals surface area (Å²) in [6.45, 7) is -0.337.